The average molecular weight is 254 g/mol. The molecule has 1 saturated heterocycles. The zero-order chi connectivity index (χ0) is 12.9. The number of piperazine rings is 1. The molecule has 4 nitrogen and oxygen atoms in total. The highest BCUT2D eigenvalue weighted by molar-refractivity contribution is 5.18. The lowest BCUT2D eigenvalue weighted by atomic mass is 10.0. The van der Waals surface area contributed by atoms with Crippen molar-refractivity contribution in [2.45, 2.75) is 12.6 Å². The molecule has 0 spiro atoms. The monoisotopic (exact) mass is 254 g/mol. The van der Waals surface area contributed by atoms with Gasteiger partial charge in [-0.15, -0.1) is 0 Å². The minimum Gasteiger partial charge on any atom is -0.314 e. The number of pyridine rings is 2. The summed E-state index contributed by atoms with van der Waals surface area (Å²) >= 11 is 0. The van der Waals surface area contributed by atoms with Crippen LogP contribution in [0.15, 0.2) is 49.1 Å². The molecule has 0 bridgehead atoms. The molecule has 0 amide bonds. The first-order valence-corrected chi connectivity index (χ1v) is 6.67. The van der Waals surface area contributed by atoms with Crippen LogP contribution < -0.4 is 5.32 Å². The fraction of sp³-hybridized carbons (Fsp3) is 0.333. The molecule has 3 rings (SSSR count). The van der Waals surface area contributed by atoms with Crippen LogP contribution in [0.2, 0.25) is 0 Å². The smallest absolute Gasteiger partial charge is 0.0477 e. The van der Waals surface area contributed by atoms with Gasteiger partial charge >= 0.3 is 0 Å². The molecule has 2 aromatic heterocycles. The minimum absolute atomic E-state index is 0.421. The summed E-state index contributed by atoms with van der Waals surface area (Å²) in [6.07, 6.45) is 7.46. The molecule has 0 aromatic carbocycles. The zero-order valence-electron chi connectivity index (χ0n) is 10.9. The van der Waals surface area contributed by atoms with E-state index in [1.165, 1.54) is 11.1 Å². The molecule has 0 radical (unpaired) electrons. The fourth-order valence-corrected chi connectivity index (χ4v) is 2.57. The second kappa shape index (κ2) is 5.91. The lowest BCUT2D eigenvalue weighted by molar-refractivity contribution is 0.153. The Hall–Kier alpha value is -1.78. The summed E-state index contributed by atoms with van der Waals surface area (Å²) in [5, 5.41) is 3.47. The summed E-state index contributed by atoms with van der Waals surface area (Å²) in [7, 11) is 0. The highest BCUT2D eigenvalue weighted by Crippen LogP contribution is 2.23. The Morgan fingerprint density at radius 1 is 1.05 bits per heavy atom. The van der Waals surface area contributed by atoms with Crippen molar-refractivity contribution in [1.29, 1.82) is 0 Å². The molecule has 1 aliphatic heterocycles. The van der Waals surface area contributed by atoms with Gasteiger partial charge in [-0.1, -0.05) is 0 Å². The van der Waals surface area contributed by atoms with Gasteiger partial charge in [-0.3, -0.25) is 14.9 Å². The van der Waals surface area contributed by atoms with Crippen LogP contribution in [0, 0.1) is 0 Å². The van der Waals surface area contributed by atoms with Gasteiger partial charge in [0.2, 0.25) is 0 Å². The van der Waals surface area contributed by atoms with Gasteiger partial charge in [-0.2, -0.15) is 0 Å². The van der Waals surface area contributed by atoms with Crippen molar-refractivity contribution in [3.8, 4) is 0 Å². The van der Waals surface area contributed by atoms with Crippen molar-refractivity contribution < 1.29 is 0 Å². The third-order valence-electron chi connectivity index (χ3n) is 3.58. The molecule has 0 aliphatic carbocycles. The molecule has 98 valence electrons. The van der Waals surface area contributed by atoms with Crippen LogP contribution in [-0.4, -0.2) is 34.5 Å². The molecule has 1 fully saturated rings. The largest absolute Gasteiger partial charge is 0.314 e. The molecule has 1 aliphatic rings. The van der Waals surface area contributed by atoms with Crippen LogP contribution in [0.3, 0.4) is 0 Å². The topological polar surface area (TPSA) is 41.0 Å². The van der Waals surface area contributed by atoms with E-state index in [4.69, 9.17) is 0 Å². The Bertz CT molecular complexity index is 500. The standard InChI is InChI=1S/C15H18N4/c1-5-16-6-2-13(1)12-19-10-9-18-11-15(19)14-3-7-17-8-4-14/h1-8,15,18H,9-12H2. The van der Waals surface area contributed by atoms with Crippen molar-refractivity contribution in [2.24, 2.45) is 0 Å². The first-order valence-electron chi connectivity index (χ1n) is 6.67. The van der Waals surface area contributed by atoms with Gasteiger partial charge in [0.15, 0.2) is 0 Å². The van der Waals surface area contributed by atoms with Crippen LogP contribution in [0.5, 0.6) is 0 Å². The maximum Gasteiger partial charge on any atom is 0.0477 e. The van der Waals surface area contributed by atoms with Gasteiger partial charge < -0.3 is 5.32 Å². The number of hydrogen-bond acceptors (Lipinski definition) is 4. The predicted molar refractivity (Wildman–Crippen MR) is 74.5 cm³/mol. The maximum atomic E-state index is 4.10. The Kier molecular flexibility index (Phi) is 3.81. The Morgan fingerprint density at radius 3 is 2.47 bits per heavy atom. The third-order valence-corrected chi connectivity index (χ3v) is 3.58. The van der Waals surface area contributed by atoms with Crippen LogP contribution in [0.1, 0.15) is 17.2 Å². The Labute approximate surface area is 113 Å². The van der Waals surface area contributed by atoms with Crippen molar-refractivity contribution in [3.05, 3.63) is 60.2 Å². The molecule has 2 aromatic rings. The summed E-state index contributed by atoms with van der Waals surface area (Å²) in [5.74, 6) is 0. The molecule has 1 atom stereocenters. The third kappa shape index (κ3) is 2.97. The van der Waals surface area contributed by atoms with Crippen LogP contribution in [-0.2, 0) is 6.54 Å². The van der Waals surface area contributed by atoms with Gasteiger partial charge in [-0.05, 0) is 35.4 Å². The summed E-state index contributed by atoms with van der Waals surface area (Å²) in [4.78, 5) is 10.7. The summed E-state index contributed by atoms with van der Waals surface area (Å²) in [5.41, 5.74) is 2.65. The van der Waals surface area contributed by atoms with Gasteiger partial charge in [0.1, 0.15) is 0 Å². The highest BCUT2D eigenvalue weighted by Gasteiger charge is 2.23. The van der Waals surface area contributed by atoms with E-state index in [-0.39, 0.29) is 0 Å². The lowest BCUT2D eigenvalue weighted by Gasteiger charge is -2.36. The summed E-state index contributed by atoms with van der Waals surface area (Å²) in [6.45, 7) is 4.08. The number of rotatable bonds is 3. The zero-order valence-corrected chi connectivity index (χ0v) is 10.9. The van der Waals surface area contributed by atoms with Crippen LogP contribution >= 0.6 is 0 Å². The predicted octanol–water partition coefficient (Wildman–Crippen LogP) is 1.62. The second-order valence-corrected chi connectivity index (χ2v) is 4.83. The SMILES string of the molecule is c1cc(CN2CCNCC2c2ccncc2)ccn1. The second-order valence-electron chi connectivity index (χ2n) is 4.83. The highest BCUT2D eigenvalue weighted by atomic mass is 15.2. The van der Waals surface area contributed by atoms with Gasteiger partial charge in [0, 0.05) is 57.0 Å². The molecule has 3 heterocycles. The van der Waals surface area contributed by atoms with E-state index in [2.05, 4.69) is 44.5 Å². The molecule has 19 heavy (non-hydrogen) atoms. The first-order chi connectivity index (χ1) is 9.43. The lowest BCUT2D eigenvalue weighted by Crippen LogP contribution is -2.45. The molecule has 1 N–H and O–H groups in total. The van der Waals surface area contributed by atoms with Gasteiger partial charge in [-0.25, -0.2) is 0 Å². The van der Waals surface area contributed by atoms with E-state index in [0.29, 0.717) is 6.04 Å². The average Bonchev–Trinajstić information content (AvgIpc) is 2.50. The van der Waals surface area contributed by atoms with Crippen molar-refractivity contribution in [3.63, 3.8) is 0 Å². The van der Waals surface area contributed by atoms with E-state index in [1.807, 2.05) is 24.8 Å². The summed E-state index contributed by atoms with van der Waals surface area (Å²) in [6, 6.07) is 8.82. The van der Waals surface area contributed by atoms with Crippen LogP contribution in [0.4, 0.5) is 0 Å². The van der Waals surface area contributed by atoms with Crippen LogP contribution in [0.25, 0.3) is 0 Å². The van der Waals surface area contributed by atoms with E-state index >= 15 is 0 Å². The van der Waals surface area contributed by atoms with Crippen molar-refractivity contribution in [2.75, 3.05) is 19.6 Å². The molecule has 1 unspecified atom stereocenters. The maximum absolute atomic E-state index is 4.10. The Balaban J connectivity index is 1.78. The van der Waals surface area contributed by atoms with E-state index in [9.17, 15) is 0 Å². The summed E-state index contributed by atoms with van der Waals surface area (Å²) < 4.78 is 0. The van der Waals surface area contributed by atoms with Crippen molar-refractivity contribution >= 4 is 0 Å². The molecule has 0 saturated carbocycles. The van der Waals surface area contributed by atoms with E-state index in [1.54, 1.807) is 0 Å². The molecular formula is C15H18N4. The van der Waals surface area contributed by atoms with Gasteiger partial charge in [0.25, 0.3) is 0 Å². The minimum atomic E-state index is 0.421. The Morgan fingerprint density at radius 2 is 1.74 bits per heavy atom. The normalized spacial score (nSPS) is 20.3. The van der Waals surface area contributed by atoms with E-state index < -0.39 is 0 Å². The quantitative estimate of drug-likeness (QED) is 0.903. The number of hydrogen-bond donors (Lipinski definition) is 1. The number of nitrogens with one attached hydrogen (secondary N) is 1. The first kappa shape index (κ1) is 12.3. The van der Waals surface area contributed by atoms with Crippen molar-refractivity contribution in [1.82, 2.24) is 20.2 Å². The number of aromatic nitrogens is 2. The molecular weight excluding hydrogens is 236 g/mol. The van der Waals surface area contributed by atoms with E-state index in [0.717, 1.165) is 26.2 Å². The fourth-order valence-electron chi connectivity index (χ4n) is 2.57. The molecule has 4 heteroatoms. The van der Waals surface area contributed by atoms with Gasteiger partial charge in [0.05, 0.1) is 0 Å². The number of nitrogens with zero attached hydrogens (tertiary/aromatic N) is 3.